The molecule has 0 fully saturated rings. The van der Waals surface area contributed by atoms with Gasteiger partial charge in [-0.1, -0.05) is 26.0 Å². The first-order valence-corrected chi connectivity index (χ1v) is 13.4. The van der Waals surface area contributed by atoms with Crippen LogP contribution in [0.25, 0.3) is 22.3 Å². The number of methoxy groups -OCH3 is 1. The highest BCUT2D eigenvalue weighted by molar-refractivity contribution is 9.10. The number of halogens is 1. The molecule has 3 aromatic carbocycles. The zero-order chi connectivity index (χ0) is 28.1. The second-order valence-electron chi connectivity index (χ2n) is 9.16. The van der Waals surface area contributed by atoms with Crippen molar-refractivity contribution in [1.29, 1.82) is 0 Å². The normalized spacial score (nSPS) is 11.4. The Labute approximate surface area is 235 Å². The number of benzene rings is 3. The van der Waals surface area contributed by atoms with Crippen LogP contribution in [0, 0.1) is 6.92 Å². The highest BCUT2D eigenvalue weighted by Crippen LogP contribution is 2.34. The molecular formula is C30H30BrN3O5. The number of hydrogen-bond acceptors (Lipinski definition) is 7. The summed E-state index contributed by atoms with van der Waals surface area (Å²) in [5, 5.41) is 5.05. The van der Waals surface area contributed by atoms with E-state index in [-0.39, 0.29) is 18.1 Å². The first-order valence-electron chi connectivity index (χ1n) is 12.6. The van der Waals surface area contributed by atoms with E-state index in [1.54, 1.807) is 50.6 Å². The molecule has 1 heterocycles. The molecule has 0 atom stereocenters. The van der Waals surface area contributed by atoms with Gasteiger partial charge in [0.15, 0.2) is 12.4 Å². The van der Waals surface area contributed by atoms with Crippen molar-refractivity contribution in [3.8, 4) is 22.9 Å². The number of nitrogens with zero attached hydrogens (tertiary/aromatic N) is 3. The van der Waals surface area contributed by atoms with Gasteiger partial charge in [-0.3, -0.25) is 4.79 Å². The Balaban J connectivity index is 1.79. The molecular weight excluding hydrogens is 562 g/mol. The summed E-state index contributed by atoms with van der Waals surface area (Å²) in [7, 11) is 1.65. The van der Waals surface area contributed by atoms with E-state index in [0.29, 0.717) is 39.1 Å². The van der Waals surface area contributed by atoms with Crippen LogP contribution in [-0.2, 0) is 9.53 Å². The zero-order valence-corrected chi connectivity index (χ0v) is 24.1. The van der Waals surface area contributed by atoms with Crippen molar-refractivity contribution in [1.82, 2.24) is 9.66 Å². The van der Waals surface area contributed by atoms with E-state index in [1.165, 1.54) is 4.68 Å². The monoisotopic (exact) mass is 591 g/mol. The predicted molar refractivity (Wildman–Crippen MR) is 156 cm³/mol. The molecule has 0 aliphatic carbocycles. The van der Waals surface area contributed by atoms with Crippen LogP contribution in [0.5, 0.6) is 11.5 Å². The number of aromatic nitrogens is 2. The molecule has 9 heteroatoms. The number of esters is 1. The van der Waals surface area contributed by atoms with Crippen LogP contribution in [0.15, 0.2) is 69.0 Å². The minimum Gasteiger partial charge on any atom is -0.496 e. The number of fused-ring (bicyclic) bond motifs is 1. The summed E-state index contributed by atoms with van der Waals surface area (Å²) in [4.78, 5) is 30.1. The molecule has 0 spiro atoms. The SMILES string of the molecule is CCOC(=O)COc1ccc(C=Nn2c(-c3cc(C(C)C)c(OC)cc3C)nc3ccccc3c2=O)cc1Br. The summed E-state index contributed by atoms with van der Waals surface area (Å²) in [6.45, 7) is 7.98. The minimum absolute atomic E-state index is 0.193. The number of carbonyl (C=O) groups excluding carboxylic acids is 1. The summed E-state index contributed by atoms with van der Waals surface area (Å²) in [5.74, 6) is 1.47. The van der Waals surface area contributed by atoms with Gasteiger partial charge in [-0.15, -0.1) is 0 Å². The summed E-state index contributed by atoms with van der Waals surface area (Å²) in [6.07, 6.45) is 1.59. The zero-order valence-electron chi connectivity index (χ0n) is 22.5. The van der Waals surface area contributed by atoms with Crippen LogP contribution in [0.1, 0.15) is 43.4 Å². The highest BCUT2D eigenvalue weighted by atomic mass is 79.9. The summed E-state index contributed by atoms with van der Waals surface area (Å²) in [5.41, 5.74) is 3.75. The first kappa shape index (κ1) is 28.0. The van der Waals surface area contributed by atoms with Crippen molar-refractivity contribution in [3.63, 3.8) is 0 Å². The number of ether oxygens (including phenoxy) is 3. The van der Waals surface area contributed by atoms with Crippen LogP contribution in [-0.4, -0.2) is 42.2 Å². The third kappa shape index (κ3) is 6.20. The van der Waals surface area contributed by atoms with Crippen LogP contribution in [0.2, 0.25) is 0 Å². The van der Waals surface area contributed by atoms with Gasteiger partial charge in [-0.05, 0) is 94.9 Å². The van der Waals surface area contributed by atoms with Crippen molar-refractivity contribution in [3.05, 3.63) is 86.1 Å². The quantitative estimate of drug-likeness (QED) is 0.173. The highest BCUT2D eigenvalue weighted by Gasteiger charge is 2.18. The maximum Gasteiger partial charge on any atom is 0.344 e. The molecule has 0 aliphatic heterocycles. The van der Waals surface area contributed by atoms with Gasteiger partial charge in [-0.25, -0.2) is 9.78 Å². The number of hydrogen-bond donors (Lipinski definition) is 0. The smallest absolute Gasteiger partial charge is 0.344 e. The van der Waals surface area contributed by atoms with Crippen LogP contribution in [0.4, 0.5) is 0 Å². The Morgan fingerprint density at radius 3 is 2.59 bits per heavy atom. The molecule has 4 rings (SSSR count). The van der Waals surface area contributed by atoms with Gasteiger partial charge in [0.1, 0.15) is 11.5 Å². The van der Waals surface area contributed by atoms with Crippen LogP contribution in [0.3, 0.4) is 0 Å². The second-order valence-corrected chi connectivity index (χ2v) is 10.0. The van der Waals surface area contributed by atoms with Crippen LogP contribution < -0.4 is 15.0 Å². The summed E-state index contributed by atoms with van der Waals surface area (Å²) < 4.78 is 18.0. The number of para-hydroxylation sites is 1. The van der Waals surface area contributed by atoms with E-state index >= 15 is 0 Å². The van der Waals surface area contributed by atoms with Crippen molar-refractivity contribution < 1.29 is 19.0 Å². The van der Waals surface area contributed by atoms with Crippen molar-refractivity contribution in [2.75, 3.05) is 20.3 Å². The van der Waals surface area contributed by atoms with E-state index in [1.807, 2.05) is 31.2 Å². The number of carbonyl (C=O) groups is 1. The van der Waals surface area contributed by atoms with E-state index in [0.717, 1.165) is 22.4 Å². The van der Waals surface area contributed by atoms with Gasteiger partial charge in [-0.2, -0.15) is 9.78 Å². The second kappa shape index (κ2) is 12.3. The lowest BCUT2D eigenvalue weighted by molar-refractivity contribution is -0.145. The molecule has 0 amide bonds. The molecule has 0 N–H and O–H groups in total. The molecule has 0 saturated carbocycles. The van der Waals surface area contributed by atoms with E-state index in [2.05, 4.69) is 34.9 Å². The fourth-order valence-electron chi connectivity index (χ4n) is 4.15. The Morgan fingerprint density at radius 1 is 1.13 bits per heavy atom. The fourth-order valence-corrected chi connectivity index (χ4v) is 4.66. The van der Waals surface area contributed by atoms with E-state index < -0.39 is 5.97 Å². The Hall–Kier alpha value is -3.98. The topological polar surface area (TPSA) is 92.0 Å². The average Bonchev–Trinajstić information content (AvgIpc) is 2.91. The first-order chi connectivity index (χ1) is 18.7. The molecule has 0 radical (unpaired) electrons. The lowest BCUT2D eigenvalue weighted by atomic mass is 9.96. The third-order valence-corrected chi connectivity index (χ3v) is 6.74. The predicted octanol–water partition coefficient (Wildman–Crippen LogP) is 6.09. The standard InChI is InChI=1S/C30H30BrN3O5/c1-6-38-28(35)17-39-26-12-11-20(14-24(26)31)16-32-34-29(33-25-10-8-7-9-21(25)30(34)36)23-15-22(18(2)3)27(37-5)13-19(23)4/h7-16,18H,6,17H2,1-5H3. The minimum atomic E-state index is -0.444. The molecule has 0 aliphatic rings. The Bertz CT molecular complexity index is 1610. The molecule has 0 unspecified atom stereocenters. The van der Waals surface area contributed by atoms with Crippen molar-refractivity contribution >= 4 is 39.0 Å². The molecule has 39 heavy (non-hydrogen) atoms. The molecule has 0 bridgehead atoms. The molecule has 0 saturated heterocycles. The van der Waals surface area contributed by atoms with E-state index in [9.17, 15) is 9.59 Å². The third-order valence-electron chi connectivity index (χ3n) is 6.12. The van der Waals surface area contributed by atoms with Gasteiger partial charge in [0, 0.05) is 5.56 Å². The van der Waals surface area contributed by atoms with Crippen LogP contribution >= 0.6 is 15.9 Å². The number of rotatable bonds is 9. The Morgan fingerprint density at radius 2 is 1.90 bits per heavy atom. The molecule has 202 valence electrons. The average molecular weight is 592 g/mol. The van der Waals surface area contributed by atoms with Crippen molar-refractivity contribution in [2.45, 2.75) is 33.6 Å². The molecule has 1 aromatic heterocycles. The fraction of sp³-hybridized carbons (Fsp3) is 0.267. The lowest BCUT2D eigenvalue weighted by Gasteiger charge is -2.17. The lowest BCUT2D eigenvalue weighted by Crippen LogP contribution is -2.20. The Kier molecular flexibility index (Phi) is 8.81. The largest absolute Gasteiger partial charge is 0.496 e. The van der Waals surface area contributed by atoms with Gasteiger partial charge in [0.05, 0.1) is 35.3 Å². The van der Waals surface area contributed by atoms with Gasteiger partial charge in [0.2, 0.25) is 0 Å². The van der Waals surface area contributed by atoms with E-state index in [4.69, 9.17) is 19.2 Å². The van der Waals surface area contributed by atoms with Gasteiger partial charge in [0.25, 0.3) is 5.56 Å². The summed E-state index contributed by atoms with van der Waals surface area (Å²) >= 11 is 3.47. The van der Waals surface area contributed by atoms with Gasteiger partial charge < -0.3 is 14.2 Å². The number of aryl methyl sites for hydroxylation is 1. The summed E-state index contributed by atoms with van der Waals surface area (Å²) in [6, 6.07) is 16.5. The molecule has 4 aromatic rings. The van der Waals surface area contributed by atoms with Crippen molar-refractivity contribution in [2.24, 2.45) is 5.10 Å². The maximum atomic E-state index is 13.6. The maximum absolute atomic E-state index is 13.6. The van der Waals surface area contributed by atoms with Gasteiger partial charge >= 0.3 is 5.97 Å². The molecule has 8 nitrogen and oxygen atoms in total.